The summed E-state index contributed by atoms with van der Waals surface area (Å²) in [5.74, 6) is -0.0956. The Morgan fingerprint density at radius 3 is 2.31 bits per heavy atom. The van der Waals surface area contributed by atoms with Crippen molar-refractivity contribution < 1.29 is 13.2 Å². The second kappa shape index (κ2) is 9.28. The first kappa shape index (κ1) is 21.8. The van der Waals surface area contributed by atoms with Crippen molar-refractivity contribution in [2.45, 2.75) is 38.1 Å². The highest BCUT2D eigenvalue weighted by Gasteiger charge is 2.33. The first-order valence-corrected chi connectivity index (χ1v) is 11.7. The van der Waals surface area contributed by atoms with Crippen LogP contribution in [0.5, 0.6) is 0 Å². The number of aryl methyl sites for hydroxylation is 1. The molecule has 0 saturated carbocycles. The second-order valence-electron chi connectivity index (χ2n) is 7.44. The minimum absolute atomic E-state index is 0.0693. The van der Waals surface area contributed by atoms with Crippen molar-refractivity contribution in [1.82, 2.24) is 9.21 Å². The van der Waals surface area contributed by atoms with Gasteiger partial charge in [0.05, 0.1) is 4.90 Å². The van der Waals surface area contributed by atoms with Crippen molar-refractivity contribution in [2.75, 3.05) is 19.6 Å². The number of sulfonamides is 1. The maximum Gasteiger partial charge on any atom is 0.243 e. The van der Waals surface area contributed by atoms with Gasteiger partial charge in [0.15, 0.2) is 0 Å². The number of hydrogen-bond acceptors (Lipinski definition) is 3. The van der Waals surface area contributed by atoms with Gasteiger partial charge in [0.25, 0.3) is 0 Å². The van der Waals surface area contributed by atoms with Gasteiger partial charge in [-0.15, -0.1) is 0 Å². The average molecular weight is 435 g/mol. The van der Waals surface area contributed by atoms with Crippen LogP contribution < -0.4 is 0 Å². The van der Waals surface area contributed by atoms with E-state index in [1.807, 2.05) is 38.1 Å². The van der Waals surface area contributed by atoms with Gasteiger partial charge in [-0.1, -0.05) is 47.5 Å². The summed E-state index contributed by atoms with van der Waals surface area (Å²) in [7, 11) is -3.52. The Bertz CT molecular complexity index is 952. The first-order chi connectivity index (χ1) is 13.8. The molecular formula is C22H27ClN2O3S. The highest BCUT2D eigenvalue weighted by Crippen LogP contribution is 2.26. The van der Waals surface area contributed by atoms with Gasteiger partial charge in [-0.25, -0.2) is 8.42 Å². The zero-order valence-electron chi connectivity index (χ0n) is 16.8. The fraction of sp³-hybridized carbons (Fsp3) is 0.409. The van der Waals surface area contributed by atoms with E-state index in [0.717, 1.165) is 11.1 Å². The molecule has 0 N–H and O–H groups in total. The Kier molecular flexibility index (Phi) is 6.98. The van der Waals surface area contributed by atoms with Crippen LogP contribution in [0.3, 0.4) is 0 Å². The molecule has 29 heavy (non-hydrogen) atoms. The summed E-state index contributed by atoms with van der Waals surface area (Å²) in [6.45, 7) is 5.65. The van der Waals surface area contributed by atoms with Gasteiger partial charge in [-0.3, -0.25) is 4.79 Å². The van der Waals surface area contributed by atoms with Crippen LogP contribution in [0.2, 0.25) is 5.02 Å². The number of hydrogen-bond donors (Lipinski definition) is 0. The van der Waals surface area contributed by atoms with Gasteiger partial charge in [-0.2, -0.15) is 4.31 Å². The standard InChI is InChI=1S/C22H27ClN2O3S/c1-3-24(16-19-6-4-5-7-21(19)23)22(26)18-12-14-25(15-13-18)29(27,28)20-10-8-17(2)9-11-20/h4-11,18H,3,12-16H2,1-2H3. The van der Waals surface area contributed by atoms with E-state index in [1.165, 1.54) is 4.31 Å². The Morgan fingerprint density at radius 1 is 1.10 bits per heavy atom. The molecule has 0 atom stereocenters. The summed E-state index contributed by atoms with van der Waals surface area (Å²) < 4.78 is 27.2. The lowest BCUT2D eigenvalue weighted by Crippen LogP contribution is -2.44. The highest BCUT2D eigenvalue weighted by molar-refractivity contribution is 7.89. The number of benzene rings is 2. The van der Waals surface area contributed by atoms with Crippen molar-refractivity contribution in [2.24, 2.45) is 5.92 Å². The lowest BCUT2D eigenvalue weighted by molar-refractivity contribution is -0.137. The number of amides is 1. The fourth-order valence-electron chi connectivity index (χ4n) is 3.64. The van der Waals surface area contributed by atoms with E-state index < -0.39 is 10.0 Å². The number of piperidine rings is 1. The third-order valence-corrected chi connectivity index (χ3v) is 7.76. The Morgan fingerprint density at radius 2 is 1.72 bits per heavy atom. The Labute approximate surface area is 178 Å². The Hall–Kier alpha value is -1.89. The van der Waals surface area contributed by atoms with E-state index in [-0.39, 0.29) is 11.8 Å². The van der Waals surface area contributed by atoms with E-state index >= 15 is 0 Å². The van der Waals surface area contributed by atoms with Crippen LogP contribution in [0, 0.1) is 12.8 Å². The van der Waals surface area contributed by atoms with Gasteiger partial charge < -0.3 is 4.90 Å². The highest BCUT2D eigenvalue weighted by atomic mass is 35.5. The molecule has 5 nitrogen and oxygen atoms in total. The molecular weight excluding hydrogens is 408 g/mol. The predicted octanol–water partition coefficient (Wildman–Crippen LogP) is 4.10. The monoisotopic (exact) mass is 434 g/mol. The topological polar surface area (TPSA) is 57.7 Å². The van der Waals surface area contributed by atoms with Crippen molar-refractivity contribution in [3.63, 3.8) is 0 Å². The average Bonchev–Trinajstić information content (AvgIpc) is 2.73. The van der Waals surface area contributed by atoms with Gasteiger partial charge >= 0.3 is 0 Å². The van der Waals surface area contributed by atoms with E-state index in [2.05, 4.69) is 0 Å². The van der Waals surface area contributed by atoms with E-state index in [0.29, 0.717) is 48.9 Å². The van der Waals surface area contributed by atoms with Gasteiger partial charge in [0, 0.05) is 37.1 Å². The molecule has 1 fully saturated rings. The quantitative estimate of drug-likeness (QED) is 0.687. The summed E-state index contributed by atoms with van der Waals surface area (Å²) in [6, 6.07) is 14.4. The summed E-state index contributed by atoms with van der Waals surface area (Å²) in [5.41, 5.74) is 1.94. The smallest absolute Gasteiger partial charge is 0.243 e. The summed E-state index contributed by atoms with van der Waals surface area (Å²) in [4.78, 5) is 15.1. The molecule has 0 bridgehead atoms. The number of carbonyl (C=O) groups excluding carboxylic acids is 1. The van der Waals surface area contributed by atoms with Gasteiger partial charge in [-0.05, 0) is 50.5 Å². The van der Waals surface area contributed by atoms with Gasteiger partial charge in [0.2, 0.25) is 15.9 Å². The van der Waals surface area contributed by atoms with Gasteiger partial charge in [0.1, 0.15) is 0 Å². The molecule has 7 heteroatoms. The maximum absolute atomic E-state index is 13.0. The molecule has 1 heterocycles. The van der Waals surface area contributed by atoms with Crippen LogP contribution in [0.25, 0.3) is 0 Å². The predicted molar refractivity (Wildman–Crippen MR) is 115 cm³/mol. The number of halogens is 1. The summed E-state index contributed by atoms with van der Waals surface area (Å²) >= 11 is 6.24. The van der Waals surface area contributed by atoms with Crippen LogP contribution in [0.15, 0.2) is 53.4 Å². The molecule has 0 radical (unpaired) electrons. The van der Waals surface area contributed by atoms with Crippen LogP contribution in [-0.2, 0) is 21.4 Å². The third kappa shape index (κ3) is 5.00. The fourth-order valence-corrected chi connectivity index (χ4v) is 5.30. The molecule has 1 aliphatic rings. The molecule has 0 spiro atoms. The summed E-state index contributed by atoms with van der Waals surface area (Å²) in [5, 5.41) is 0.651. The molecule has 156 valence electrons. The lowest BCUT2D eigenvalue weighted by atomic mass is 9.96. The van der Waals surface area contributed by atoms with Crippen LogP contribution in [0.1, 0.15) is 30.9 Å². The molecule has 1 aliphatic heterocycles. The minimum Gasteiger partial charge on any atom is -0.338 e. The number of rotatable bonds is 6. The third-order valence-electron chi connectivity index (χ3n) is 5.47. The zero-order chi connectivity index (χ0) is 21.0. The minimum atomic E-state index is -3.52. The molecule has 2 aromatic rings. The molecule has 3 rings (SSSR count). The van der Waals surface area contributed by atoms with Crippen molar-refractivity contribution in [3.8, 4) is 0 Å². The van der Waals surface area contributed by atoms with Crippen molar-refractivity contribution >= 4 is 27.5 Å². The number of nitrogens with zero attached hydrogens (tertiary/aromatic N) is 2. The largest absolute Gasteiger partial charge is 0.338 e. The Balaban J connectivity index is 1.64. The molecule has 1 saturated heterocycles. The van der Waals surface area contributed by atoms with E-state index in [1.54, 1.807) is 29.2 Å². The lowest BCUT2D eigenvalue weighted by Gasteiger charge is -2.33. The molecule has 1 amide bonds. The normalized spacial score (nSPS) is 16.0. The van der Waals surface area contributed by atoms with Crippen LogP contribution >= 0.6 is 11.6 Å². The van der Waals surface area contributed by atoms with E-state index in [4.69, 9.17) is 11.6 Å². The molecule has 0 aliphatic carbocycles. The zero-order valence-corrected chi connectivity index (χ0v) is 18.4. The SMILES string of the molecule is CCN(Cc1ccccc1Cl)C(=O)C1CCN(S(=O)(=O)c2ccc(C)cc2)CC1. The van der Waals surface area contributed by atoms with Crippen LogP contribution in [-0.4, -0.2) is 43.2 Å². The van der Waals surface area contributed by atoms with Crippen molar-refractivity contribution in [1.29, 1.82) is 0 Å². The summed E-state index contributed by atoms with van der Waals surface area (Å²) in [6.07, 6.45) is 1.06. The molecule has 2 aromatic carbocycles. The maximum atomic E-state index is 13.0. The van der Waals surface area contributed by atoms with Crippen LogP contribution in [0.4, 0.5) is 0 Å². The number of carbonyl (C=O) groups is 1. The first-order valence-electron chi connectivity index (χ1n) is 9.92. The van der Waals surface area contributed by atoms with Crippen molar-refractivity contribution in [3.05, 3.63) is 64.7 Å². The van der Waals surface area contributed by atoms with E-state index in [9.17, 15) is 13.2 Å². The molecule has 0 aromatic heterocycles. The second-order valence-corrected chi connectivity index (χ2v) is 9.78. The molecule has 0 unspecified atom stereocenters.